The molecule has 2 heterocycles. The standard InChI is InChI=1S/C44H57ClN4O4/c1-13-48-34-22-20-30(46-39(50)52-41(3,4)5)26-32(34)43(9,10)36(48)24-18-28-16-15-17-29(38(28)45)19-25-37-44(11,12)33-27-31(21-23-35(33)49(37)14-2)47-40(51)53-42(6,7)8/h18-27H,13-17H2,1-12H3,(H-,46,47,50,51)/p+1. The van der Waals surface area contributed by atoms with Crippen LogP contribution in [0.4, 0.5) is 32.3 Å². The van der Waals surface area contributed by atoms with Crippen molar-refractivity contribution in [3.05, 3.63) is 93.7 Å². The van der Waals surface area contributed by atoms with Crippen molar-refractivity contribution in [1.82, 2.24) is 0 Å². The quantitative estimate of drug-likeness (QED) is 0.276. The number of nitrogens with zero attached hydrogens (tertiary/aromatic N) is 2. The smallest absolute Gasteiger partial charge is 0.412 e. The van der Waals surface area contributed by atoms with Gasteiger partial charge in [0.2, 0.25) is 5.69 Å². The predicted octanol–water partition coefficient (Wildman–Crippen LogP) is 11.6. The second-order valence-electron chi connectivity index (χ2n) is 17.1. The maximum Gasteiger partial charge on any atom is 0.412 e. The molecule has 8 nitrogen and oxygen atoms in total. The molecule has 2 aromatic carbocycles. The Morgan fingerprint density at radius 1 is 0.830 bits per heavy atom. The maximum atomic E-state index is 12.5. The number of nitrogens with one attached hydrogen (secondary N) is 2. The van der Waals surface area contributed by atoms with Gasteiger partial charge in [0.05, 0.1) is 5.41 Å². The molecule has 5 rings (SSSR count). The van der Waals surface area contributed by atoms with Crippen LogP contribution in [0.1, 0.15) is 113 Å². The van der Waals surface area contributed by atoms with Crippen molar-refractivity contribution in [2.24, 2.45) is 0 Å². The van der Waals surface area contributed by atoms with Gasteiger partial charge in [-0.2, -0.15) is 4.58 Å². The SMILES string of the molecule is CCN1/C(=C/C=C2\CCCC(/C=C/C3=[N+](CC)c4ccc(NC(=O)OC(C)(C)C)cc4C3(C)C)=C2Cl)C(C)(C)c2cc(NC(=O)OC(C)(C)C)ccc21. The minimum Gasteiger partial charge on any atom is -0.444 e. The number of rotatable bonds is 7. The minimum atomic E-state index is -0.575. The summed E-state index contributed by atoms with van der Waals surface area (Å²) in [7, 11) is 0. The topological polar surface area (TPSA) is 82.9 Å². The highest BCUT2D eigenvalue weighted by atomic mass is 35.5. The summed E-state index contributed by atoms with van der Waals surface area (Å²) in [5, 5.41) is 6.62. The number of anilines is 3. The number of carbonyl (C=O) groups is 2. The summed E-state index contributed by atoms with van der Waals surface area (Å²) in [5.41, 5.74) is 8.87. The van der Waals surface area contributed by atoms with Crippen LogP contribution in [0.5, 0.6) is 0 Å². The van der Waals surface area contributed by atoms with Crippen molar-refractivity contribution in [2.75, 3.05) is 28.6 Å². The van der Waals surface area contributed by atoms with Crippen LogP contribution in [0.25, 0.3) is 0 Å². The normalized spacial score (nSPS) is 19.6. The number of fused-ring (bicyclic) bond motifs is 2. The molecular formula is C44H58ClN4O4+. The molecule has 2 aliphatic heterocycles. The van der Waals surface area contributed by atoms with Gasteiger partial charge in [-0.15, -0.1) is 0 Å². The summed E-state index contributed by atoms with van der Waals surface area (Å²) in [6, 6.07) is 12.1. The summed E-state index contributed by atoms with van der Waals surface area (Å²) < 4.78 is 13.3. The van der Waals surface area contributed by atoms with Crippen LogP contribution in [-0.2, 0) is 20.3 Å². The van der Waals surface area contributed by atoms with Crippen molar-refractivity contribution in [2.45, 2.75) is 124 Å². The summed E-state index contributed by atoms with van der Waals surface area (Å²) >= 11 is 7.20. The lowest BCUT2D eigenvalue weighted by Crippen LogP contribution is -2.28. The van der Waals surface area contributed by atoms with Gasteiger partial charge in [-0.05, 0) is 142 Å². The fourth-order valence-electron chi connectivity index (χ4n) is 7.60. The largest absolute Gasteiger partial charge is 0.444 e. The predicted molar refractivity (Wildman–Crippen MR) is 219 cm³/mol. The third kappa shape index (κ3) is 8.59. The molecule has 9 heteroatoms. The fourth-order valence-corrected chi connectivity index (χ4v) is 7.91. The van der Waals surface area contributed by atoms with Gasteiger partial charge in [-0.3, -0.25) is 10.6 Å². The number of hydrogen-bond donors (Lipinski definition) is 2. The van der Waals surface area contributed by atoms with E-state index in [1.54, 1.807) is 0 Å². The molecule has 0 unspecified atom stereocenters. The lowest BCUT2D eigenvalue weighted by molar-refractivity contribution is -0.433. The Bertz CT molecular complexity index is 1950. The van der Waals surface area contributed by atoms with Gasteiger partial charge < -0.3 is 14.4 Å². The van der Waals surface area contributed by atoms with Gasteiger partial charge in [-0.1, -0.05) is 37.6 Å². The van der Waals surface area contributed by atoms with Gasteiger partial charge >= 0.3 is 12.2 Å². The Balaban J connectivity index is 1.40. The van der Waals surface area contributed by atoms with Crippen LogP contribution < -0.4 is 15.5 Å². The molecule has 0 radical (unpaired) electrons. The van der Waals surface area contributed by atoms with Gasteiger partial charge in [0.1, 0.15) is 17.7 Å². The Kier molecular flexibility index (Phi) is 11.2. The number of benzene rings is 2. The molecule has 3 aliphatic rings. The molecule has 0 atom stereocenters. The van der Waals surface area contributed by atoms with Crippen LogP contribution in [-0.4, -0.2) is 46.8 Å². The van der Waals surface area contributed by atoms with E-state index in [9.17, 15) is 9.59 Å². The zero-order valence-corrected chi connectivity index (χ0v) is 34.5. The summed E-state index contributed by atoms with van der Waals surface area (Å²) in [5.74, 6) is 0. The van der Waals surface area contributed by atoms with E-state index in [1.807, 2.05) is 53.7 Å². The Morgan fingerprint density at radius 3 is 1.98 bits per heavy atom. The van der Waals surface area contributed by atoms with Crippen molar-refractivity contribution in [1.29, 1.82) is 0 Å². The van der Waals surface area contributed by atoms with Crippen LogP contribution in [0.2, 0.25) is 0 Å². The summed E-state index contributed by atoms with van der Waals surface area (Å²) in [6.07, 6.45) is 10.7. The molecular weight excluding hydrogens is 684 g/mol. The van der Waals surface area contributed by atoms with E-state index in [-0.39, 0.29) is 10.8 Å². The zero-order chi connectivity index (χ0) is 39.1. The first-order valence-corrected chi connectivity index (χ1v) is 19.2. The minimum absolute atomic E-state index is 0.298. The van der Waals surface area contributed by atoms with Crippen LogP contribution in [0, 0.1) is 0 Å². The van der Waals surface area contributed by atoms with Gasteiger partial charge in [-0.25, -0.2) is 9.59 Å². The second-order valence-corrected chi connectivity index (χ2v) is 17.5. The highest BCUT2D eigenvalue weighted by Gasteiger charge is 2.44. The lowest BCUT2D eigenvalue weighted by Gasteiger charge is -2.26. The van der Waals surface area contributed by atoms with Gasteiger partial charge in [0, 0.05) is 57.5 Å². The van der Waals surface area contributed by atoms with Crippen molar-refractivity contribution >= 4 is 52.2 Å². The fraction of sp³-hybridized carbons (Fsp3) is 0.477. The lowest BCUT2D eigenvalue weighted by atomic mass is 9.81. The molecule has 0 saturated heterocycles. The first-order valence-electron chi connectivity index (χ1n) is 18.9. The summed E-state index contributed by atoms with van der Waals surface area (Å²) in [6.45, 7) is 26.0. The van der Waals surface area contributed by atoms with Gasteiger partial charge in [0.15, 0.2) is 5.71 Å². The molecule has 0 bridgehead atoms. The molecule has 0 aromatic heterocycles. The van der Waals surface area contributed by atoms with Crippen LogP contribution >= 0.6 is 11.6 Å². The van der Waals surface area contributed by atoms with E-state index in [0.717, 1.165) is 71.0 Å². The molecule has 0 saturated carbocycles. The van der Waals surface area contributed by atoms with E-state index in [4.69, 9.17) is 21.1 Å². The molecule has 2 aromatic rings. The molecule has 53 heavy (non-hydrogen) atoms. The maximum absolute atomic E-state index is 12.5. The molecule has 284 valence electrons. The number of halogens is 1. The third-order valence-corrected chi connectivity index (χ3v) is 10.5. The first-order chi connectivity index (χ1) is 24.7. The van der Waals surface area contributed by atoms with E-state index in [1.165, 1.54) is 11.4 Å². The molecule has 2 amide bonds. The van der Waals surface area contributed by atoms with Crippen molar-refractivity contribution in [3.8, 4) is 0 Å². The van der Waals surface area contributed by atoms with Crippen molar-refractivity contribution < 1.29 is 23.6 Å². The Labute approximate surface area is 321 Å². The zero-order valence-electron chi connectivity index (χ0n) is 33.7. The number of allylic oxidation sites excluding steroid dienone is 8. The average Bonchev–Trinajstić information content (AvgIpc) is 3.39. The monoisotopic (exact) mass is 741 g/mol. The van der Waals surface area contributed by atoms with E-state index < -0.39 is 23.4 Å². The van der Waals surface area contributed by atoms with Gasteiger partial charge in [0.25, 0.3) is 0 Å². The Morgan fingerprint density at radius 2 is 1.42 bits per heavy atom. The molecule has 2 N–H and O–H groups in total. The summed E-state index contributed by atoms with van der Waals surface area (Å²) in [4.78, 5) is 27.4. The third-order valence-electron chi connectivity index (χ3n) is 10.0. The molecule has 0 fully saturated rings. The average molecular weight is 742 g/mol. The number of likely N-dealkylation sites (N-methyl/N-ethyl adjacent to an activating group) is 1. The van der Waals surface area contributed by atoms with Crippen molar-refractivity contribution in [3.63, 3.8) is 0 Å². The first kappa shape index (κ1) is 39.9. The number of ether oxygens (including phenoxy) is 2. The molecule has 1 aliphatic carbocycles. The van der Waals surface area contributed by atoms with E-state index >= 15 is 0 Å². The highest BCUT2D eigenvalue weighted by Crippen LogP contribution is 2.49. The highest BCUT2D eigenvalue weighted by molar-refractivity contribution is 6.32. The van der Waals surface area contributed by atoms with Crippen LogP contribution in [0.15, 0.2) is 82.6 Å². The second kappa shape index (κ2) is 14.8. The Hall–Kier alpha value is -4.30. The van der Waals surface area contributed by atoms with E-state index in [0.29, 0.717) is 11.4 Å². The van der Waals surface area contributed by atoms with E-state index in [2.05, 4.69) is 110 Å². The number of hydrogen-bond acceptors (Lipinski definition) is 5. The van der Waals surface area contributed by atoms with Crippen LogP contribution in [0.3, 0.4) is 0 Å². The number of carbonyl (C=O) groups excluding carboxylic acids is 2. The molecule has 0 spiro atoms. The number of amides is 2.